The monoisotopic (exact) mass is 207 g/mol. The minimum absolute atomic E-state index is 0.0763. The van der Waals surface area contributed by atoms with Gasteiger partial charge in [0, 0.05) is 0 Å². The van der Waals surface area contributed by atoms with Crippen LogP contribution in [0.25, 0.3) is 0 Å². The fraction of sp³-hybridized carbons (Fsp3) is 0.400. The normalized spacial score (nSPS) is 13.6. The van der Waals surface area contributed by atoms with Crippen LogP contribution < -0.4 is 10.7 Å². The molecule has 1 atom stereocenters. The van der Waals surface area contributed by atoms with Crippen LogP contribution in [0.3, 0.4) is 0 Å². The summed E-state index contributed by atoms with van der Waals surface area (Å²) in [6, 6.07) is 0. The highest BCUT2D eigenvalue weighted by Gasteiger charge is 2.05. The molecule has 0 aliphatic heterocycles. The van der Waals surface area contributed by atoms with Gasteiger partial charge >= 0.3 is 0 Å². The van der Waals surface area contributed by atoms with E-state index in [9.17, 15) is 0 Å². The molecule has 1 rings (SSSR count). The van der Waals surface area contributed by atoms with Crippen LogP contribution in [0, 0.1) is 0 Å². The molecular weight excluding hydrogens is 200 g/mol. The summed E-state index contributed by atoms with van der Waals surface area (Å²) in [4.78, 5) is 3.15. The highest BCUT2D eigenvalue weighted by atomic mass is 79.9. The molecule has 0 saturated carbocycles. The summed E-state index contributed by atoms with van der Waals surface area (Å²) < 4.78 is 0. The van der Waals surface area contributed by atoms with Crippen molar-refractivity contribution in [2.24, 2.45) is 5.73 Å². The standard InChI is InChI=1S/C5H7BrN2S/c6-4(7)3-5-8-1-2-9-5/h1-2,4H,3,7H2/p+1. The van der Waals surface area contributed by atoms with Gasteiger partial charge in [0.25, 0.3) is 0 Å². The Balaban J connectivity index is 2.48. The first-order valence-corrected chi connectivity index (χ1v) is 4.42. The summed E-state index contributed by atoms with van der Waals surface area (Å²) in [7, 11) is 0. The third kappa shape index (κ3) is 2.43. The molecule has 0 amide bonds. The number of aromatic amines is 1. The highest BCUT2D eigenvalue weighted by molar-refractivity contribution is 9.09. The van der Waals surface area contributed by atoms with Crippen LogP contribution >= 0.6 is 27.3 Å². The molecule has 0 saturated heterocycles. The molecule has 0 bridgehead atoms. The predicted molar refractivity (Wildman–Crippen MR) is 41.5 cm³/mol. The van der Waals surface area contributed by atoms with Crippen molar-refractivity contribution in [1.82, 2.24) is 0 Å². The second kappa shape index (κ2) is 3.29. The summed E-state index contributed by atoms with van der Waals surface area (Å²) in [5, 5.41) is 3.21. The number of H-pyrrole nitrogens is 1. The number of aromatic nitrogens is 1. The Morgan fingerprint density at radius 3 is 3.11 bits per heavy atom. The van der Waals surface area contributed by atoms with Gasteiger partial charge in [0.2, 0.25) is 5.01 Å². The van der Waals surface area contributed by atoms with E-state index in [0.29, 0.717) is 0 Å². The molecule has 0 aliphatic rings. The minimum atomic E-state index is 0.0763. The molecule has 0 spiro atoms. The average molecular weight is 208 g/mol. The van der Waals surface area contributed by atoms with Crippen molar-refractivity contribution in [3.8, 4) is 0 Å². The molecule has 0 radical (unpaired) electrons. The number of hydrogen-bond donors (Lipinski definition) is 1. The summed E-state index contributed by atoms with van der Waals surface area (Å²) >= 11 is 4.95. The highest BCUT2D eigenvalue weighted by Crippen LogP contribution is 2.04. The van der Waals surface area contributed by atoms with Crippen molar-refractivity contribution < 1.29 is 4.98 Å². The number of thiazole rings is 1. The van der Waals surface area contributed by atoms with Gasteiger partial charge in [0.05, 0.1) is 16.8 Å². The number of rotatable bonds is 2. The molecule has 1 aromatic heterocycles. The molecule has 0 aliphatic carbocycles. The third-order valence-corrected chi connectivity index (χ3v) is 2.07. The van der Waals surface area contributed by atoms with Crippen molar-refractivity contribution in [3.63, 3.8) is 0 Å². The minimum Gasteiger partial charge on any atom is -0.318 e. The van der Waals surface area contributed by atoms with E-state index >= 15 is 0 Å². The van der Waals surface area contributed by atoms with Gasteiger partial charge in [-0.3, -0.25) is 0 Å². The van der Waals surface area contributed by atoms with Crippen molar-refractivity contribution in [2.75, 3.05) is 0 Å². The van der Waals surface area contributed by atoms with Crippen molar-refractivity contribution in [3.05, 3.63) is 16.6 Å². The zero-order valence-corrected chi connectivity index (χ0v) is 7.21. The second-order valence-electron chi connectivity index (χ2n) is 1.71. The van der Waals surface area contributed by atoms with Crippen LogP contribution in [0.5, 0.6) is 0 Å². The summed E-state index contributed by atoms with van der Waals surface area (Å²) in [5.41, 5.74) is 5.49. The summed E-state index contributed by atoms with van der Waals surface area (Å²) in [6.07, 6.45) is 2.78. The fourth-order valence-corrected chi connectivity index (χ4v) is 1.81. The molecule has 50 valence electrons. The number of halogens is 1. The number of nitrogens with two attached hydrogens (primary N) is 1. The third-order valence-electron chi connectivity index (χ3n) is 0.903. The largest absolute Gasteiger partial charge is 0.318 e. The van der Waals surface area contributed by atoms with Gasteiger partial charge in [-0.05, 0) is 0 Å². The second-order valence-corrected chi connectivity index (χ2v) is 3.89. The maximum Gasteiger partial charge on any atom is 0.237 e. The summed E-state index contributed by atoms with van der Waals surface area (Å²) in [5.74, 6) is 0. The van der Waals surface area contributed by atoms with Gasteiger partial charge in [-0.15, -0.1) is 0 Å². The lowest BCUT2D eigenvalue weighted by Crippen LogP contribution is -2.17. The van der Waals surface area contributed by atoms with Crippen LogP contribution in [0.15, 0.2) is 11.6 Å². The lowest BCUT2D eigenvalue weighted by atomic mass is 10.5. The smallest absolute Gasteiger partial charge is 0.237 e. The Morgan fingerprint density at radius 1 is 1.89 bits per heavy atom. The van der Waals surface area contributed by atoms with Gasteiger partial charge in [-0.2, -0.15) is 0 Å². The van der Waals surface area contributed by atoms with E-state index in [1.165, 1.54) is 5.01 Å². The van der Waals surface area contributed by atoms with Crippen molar-refractivity contribution in [1.29, 1.82) is 0 Å². The Hall–Kier alpha value is 0.0700. The number of nitrogens with one attached hydrogen (secondary N) is 1. The maximum absolute atomic E-state index is 5.49. The first kappa shape index (κ1) is 7.18. The lowest BCUT2D eigenvalue weighted by molar-refractivity contribution is -0.382. The van der Waals surface area contributed by atoms with Gasteiger partial charge in [0.15, 0.2) is 6.20 Å². The van der Waals surface area contributed by atoms with Crippen LogP contribution in [-0.4, -0.2) is 4.95 Å². The van der Waals surface area contributed by atoms with Crippen LogP contribution in [0.2, 0.25) is 0 Å². The Labute approximate surface area is 66.2 Å². The van der Waals surface area contributed by atoms with E-state index in [2.05, 4.69) is 20.9 Å². The van der Waals surface area contributed by atoms with E-state index in [0.717, 1.165) is 6.42 Å². The van der Waals surface area contributed by atoms with Crippen LogP contribution in [0.1, 0.15) is 5.01 Å². The van der Waals surface area contributed by atoms with E-state index in [4.69, 9.17) is 5.73 Å². The topological polar surface area (TPSA) is 40.2 Å². The number of alkyl halides is 1. The van der Waals surface area contributed by atoms with E-state index in [-0.39, 0.29) is 4.95 Å². The zero-order valence-electron chi connectivity index (χ0n) is 4.80. The predicted octanol–water partition coefficient (Wildman–Crippen LogP) is 0.784. The molecule has 3 N–H and O–H groups in total. The molecule has 1 aromatic rings. The molecule has 9 heavy (non-hydrogen) atoms. The van der Waals surface area contributed by atoms with Gasteiger partial charge in [-0.1, -0.05) is 27.3 Å². The molecule has 1 heterocycles. The quantitative estimate of drug-likeness (QED) is 0.566. The molecule has 1 unspecified atom stereocenters. The van der Waals surface area contributed by atoms with Crippen LogP contribution in [0.4, 0.5) is 0 Å². The first-order chi connectivity index (χ1) is 4.29. The van der Waals surface area contributed by atoms with E-state index < -0.39 is 0 Å². The zero-order chi connectivity index (χ0) is 6.69. The van der Waals surface area contributed by atoms with E-state index in [1.807, 2.05) is 11.6 Å². The van der Waals surface area contributed by atoms with Crippen LogP contribution in [-0.2, 0) is 6.42 Å². The van der Waals surface area contributed by atoms with Crippen molar-refractivity contribution in [2.45, 2.75) is 11.4 Å². The Bertz CT molecular complexity index is 161. The number of hydrogen-bond acceptors (Lipinski definition) is 2. The molecule has 0 fully saturated rings. The first-order valence-electron chi connectivity index (χ1n) is 2.63. The molecule has 2 nitrogen and oxygen atoms in total. The van der Waals surface area contributed by atoms with Gasteiger partial charge in [-0.25, -0.2) is 4.98 Å². The molecular formula is C5H8BrN2S+. The lowest BCUT2D eigenvalue weighted by Gasteiger charge is -1.92. The maximum atomic E-state index is 5.49. The fourth-order valence-electron chi connectivity index (χ4n) is 0.561. The SMILES string of the molecule is NC(Br)Cc1[nH+]ccs1. The molecule has 0 aromatic carbocycles. The summed E-state index contributed by atoms with van der Waals surface area (Å²) in [6.45, 7) is 0. The van der Waals surface area contributed by atoms with Crippen molar-refractivity contribution >= 4 is 27.3 Å². The Morgan fingerprint density at radius 2 is 2.67 bits per heavy atom. The van der Waals surface area contributed by atoms with Gasteiger partial charge < -0.3 is 5.73 Å². The van der Waals surface area contributed by atoms with Gasteiger partial charge in [0.1, 0.15) is 0 Å². The molecule has 4 heteroatoms. The Kier molecular flexibility index (Phi) is 2.63. The van der Waals surface area contributed by atoms with E-state index in [1.54, 1.807) is 11.3 Å². The average Bonchev–Trinajstić information content (AvgIpc) is 2.15.